The first-order valence-electron chi connectivity index (χ1n) is 24.6. The molecule has 2 heteroatoms. The molecule has 0 fully saturated rings. The summed E-state index contributed by atoms with van der Waals surface area (Å²) in [5.74, 6) is 0. The van der Waals surface area contributed by atoms with Crippen LogP contribution in [-0.4, -0.2) is 0 Å². The van der Waals surface area contributed by atoms with Gasteiger partial charge >= 0.3 is 0 Å². The van der Waals surface area contributed by atoms with E-state index < -0.39 is 5.41 Å². The third-order valence-electron chi connectivity index (χ3n) is 15.5. The Hall–Kier alpha value is -9.24. The third kappa shape index (κ3) is 5.65. The normalized spacial score (nSPS) is 14.3. The summed E-state index contributed by atoms with van der Waals surface area (Å²) in [5, 5.41) is 7.37. The Morgan fingerprint density at radius 2 is 0.803 bits per heavy atom. The van der Waals surface area contributed by atoms with Crippen LogP contribution in [0.5, 0.6) is 0 Å². The number of rotatable bonds is 5. The van der Waals surface area contributed by atoms with Gasteiger partial charge in [-0.25, -0.2) is 0 Å². The van der Waals surface area contributed by atoms with Crippen molar-refractivity contribution in [2.75, 3.05) is 4.90 Å². The summed E-state index contributed by atoms with van der Waals surface area (Å²) in [6.45, 7) is 0. The van der Waals surface area contributed by atoms with Gasteiger partial charge in [0.15, 0.2) is 0 Å². The van der Waals surface area contributed by atoms with Gasteiger partial charge in [-0.15, -0.1) is 0 Å². The molecule has 1 aromatic heterocycles. The van der Waals surface area contributed by atoms with E-state index in [1.807, 2.05) is 6.07 Å². The van der Waals surface area contributed by atoms with Crippen LogP contribution in [0.2, 0.25) is 0 Å². The molecule has 71 heavy (non-hydrogen) atoms. The minimum Gasteiger partial charge on any atom is -0.455 e. The molecule has 2 aliphatic rings. The summed E-state index contributed by atoms with van der Waals surface area (Å²) >= 11 is 0. The monoisotopic (exact) mass is 901 g/mol. The maximum absolute atomic E-state index is 6.55. The Morgan fingerprint density at radius 1 is 0.296 bits per heavy atom. The zero-order valence-corrected chi connectivity index (χ0v) is 38.7. The van der Waals surface area contributed by atoms with Gasteiger partial charge in [0.05, 0.1) is 11.1 Å². The van der Waals surface area contributed by atoms with Gasteiger partial charge in [-0.2, -0.15) is 0 Å². The first-order valence-corrected chi connectivity index (χ1v) is 24.6. The number of fused-ring (bicyclic) bond motifs is 20. The summed E-state index contributed by atoms with van der Waals surface area (Å²) < 4.78 is 6.55. The molecule has 12 aromatic carbocycles. The van der Waals surface area contributed by atoms with Gasteiger partial charge in [0, 0.05) is 33.3 Å². The van der Waals surface area contributed by atoms with E-state index in [1.165, 1.54) is 77.2 Å². The standard InChI is InChI=1S/C69H43NO/c1-2-19-44(20-3-1)48-21-12-16-35-64(48)70(46-39-37-45(38-40-46)49-31-18-32-58-55-27-13-17-36-65(55)71-68(49)58)47-41-42-63-60(43-47)53-25-5-4-22-50(53)54-26-10-14-33-61(54)69(63)62-34-15-11-30-59(62)66-56-28-8-6-23-51(56)52-24-7-9-29-57(52)67(66)69/h1-43H. The first-order chi connectivity index (χ1) is 35.3. The SMILES string of the molecule is c1ccc(-c2ccccc2N(c2ccc(-c3cccc4c3oc3ccccc34)cc2)c2ccc3c(c2)-c2ccccc2-c2ccccc2C32c3ccccc3-c3c2c2ccccc2c2ccccc32)cc1. The average Bonchev–Trinajstić information content (AvgIpc) is 3.96. The molecule has 1 heterocycles. The first kappa shape index (κ1) is 39.7. The molecule has 0 saturated heterocycles. The van der Waals surface area contributed by atoms with Crippen LogP contribution in [-0.2, 0) is 5.41 Å². The Bertz CT molecular complexity index is 4290. The summed E-state index contributed by atoms with van der Waals surface area (Å²) in [7, 11) is 0. The molecule has 2 aliphatic carbocycles. The van der Waals surface area contributed by atoms with Crippen molar-refractivity contribution in [1.82, 2.24) is 0 Å². The number of benzene rings is 12. The topological polar surface area (TPSA) is 16.4 Å². The van der Waals surface area contributed by atoms with Crippen molar-refractivity contribution in [3.63, 3.8) is 0 Å². The summed E-state index contributed by atoms with van der Waals surface area (Å²) in [6.07, 6.45) is 0. The largest absolute Gasteiger partial charge is 0.455 e. The Morgan fingerprint density at radius 3 is 1.58 bits per heavy atom. The number of hydrogen-bond acceptors (Lipinski definition) is 2. The van der Waals surface area contributed by atoms with Crippen LogP contribution in [0.3, 0.4) is 0 Å². The zero-order valence-electron chi connectivity index (χ0n) is 38.7. The lowest BCUT2D eigenvalue weighted by Crippen LogP contribution is -2.29. The van der Waals surface area contributed by atoms with E-state index in [0.29, 0.717) is 0 Å². The molecule has 330 valence electrons. The fourth-order valence-corrected chi connectivity index (χ4v) is 12.6. The van der Waals surface area contributed by atoms with Crippen molar-refractivity contribution in [3.8, 4) is 55.6 Å². The number of para-hydroxylation sites is 3. The highest BCUT2D eigenvalue weighted by atomic mass is 16.3. The maximum Gasteiger partial charge on any atom is 0.143 e. The van der Waals surface area contributed by atoms with E-state index in [1.54, 1.807) is 0 Å². The summed E-state index contributed by atoms with van der Waals surface area (Å²) in [4.78, 5) is 2.46. The molecule has 13 aromatic rings. The number of anilines is 3. The lowest BCUT2D eigenvalue weighted by molar-refractivity contribution is 0.670. The summed E-state index contributed by atoms with van der Waals surface area (Å²) in [6, 6.07) is 96.4. The molecular formula is C69H43NO. The highest BCUT2D eigenvalue weighted by molar-refractivity contribution is 6.20. The van der Waals surface area contributed by atoms with E-state index in [4.69, 9.17) is 4.42 Å². The molecule has 0 N–H and O–H groups in total. The fraction of sp³-hybridized carbons (Fsp3) is 0.0145. The number of furan rings is 1. The van der Waals surface area contributed by atoms with Crippen LogP contribution in [0.25, 0.3) is 99.1 Å². The third-order valence-corrected chi connectivity index (χ3v) is 15.5. The molecule has 0 bridgehead atoms. The highest BCUT2D eigenvalue weighted by Gasteiger charge is 2.51. The second kappa shape index (κ2) is 15.4. The van der Waals surface area contributed by atoms with Gasteiger partial charge in [-0.05, 0) is 125 Å². The minimum atomic E-state index is -0.662. The molecule has 1 unspecified atom stereocenters. The summed E-state index contributed by atoms with van der Waals surface area (Å²) in [5.41, 5.74) is 21.6. The molecule has 15 rings (SSSR count). The maximum atomic E-state index is 6.55. The fourth-order valence-electron chi connectivity index (χ4n) is 12.6. The molecule has 0 saturated carbocycles. The number of hydrogen-bond donors (Lipinski definition) is 0. The Kier molecular flexibility index (Phi) is 8.61. The van der Waals surface area contributed by atoms with Crippen LogP contribution >= 0.6 is 0 Å². The van der Waals surface area contributed by atoms with Crippen molar-refractivity contribution in [3.05, 3.63) is 283 Å². The predicted octanol–water partition coefficient (Wildman–Crippen LogP) is 18.7. The molecule has 2 nitrogen and oxygen atoms in total. The predicted molar refractivity (Wildman–Crippen MR) is 296 cm³/mol. The Labute approximate surface area is 412 Å². The second-order valence-corrected chi connectivity index (χ2v) is 19.0. The van der Waals surface area contributed by atoms with E-state index >= 15 is 0 Å². The second-order valence-electron chi connectivity index (χ2n) is 19.0. The van der Waals surface area contributed by atoms with E-state index in [9.17, 15) is 0 Å². The highest BCUT2D eigenvalue weighted by Crippen LogP contribution is 2.64. The van der Waals surface area contributed by atoms with Crippen LogP contribution in [0.1, 0.15) is 22.3 Å². The molecule has 1 spiro atoms. The molecule has 0 aliphatic heterocycles. The lowest BCUT2D eigenvalue weighted by Gasteiger charge is -2.37. The zero-order chi connectivity index (χ0) is 46.6. The van der Waals surface area contributed by atoms with Gasteiger partial charge in [-0.1, -0.05) is 224 Å². The van der Waals surface area contributed by atoms with Crippen LogP contribution in [0.15, 0.2) is 265 Å². The van der Waals surface area contributed by atoms with Gasteiger partial charge in [-0.3, -0.25) is 0 Å². The van der Waals surface area contributed by atoms with Crippen molar-refractivity contribution < 1.29 is 4.42 Å². The van der Waals surface area contributed by atoms with Gasteiger partial charge in [0.2, 0.25) is 0 Å². The van der Waals surface area contributed by atoms with Gasteiger partial charge in [0.25, 0.3) is 0 Å². The van der Waals surface area contributed by atoms with Gasteiger partial charge < -0.3 is 9.32 Å². The molecular weight excluding hydrogens is 859 g/mol. The van der Waals surface area contributed by atoms with E-state index in [2.05, 4.69) is 260 Å². The minimum absolute atomic E-state index is 0.662. The molecule has 0 radical (unpaired) electrons. The van der Waals surface area contributed by atoms with Crippen LogP contribution in [0, 0.1) is 0 Å². The van der Waals surface area contributed by atoms with E-state index in [-0.39, 0.29) is 0 Å². The Balaban J connectivity index is 1.02. The lowest BCUT2D eigenvalue weighted by atomic mass is 9.64. The molecule has 0 amide bonds. The smallest absolute Gasteiger partial charge is 0.143 e. The van der Waals surface area contributed by atoms with Crippen LogP contribution < -0.4 is 4.90 Å². The van der Waals surface area contributed by atoms with Crippen molar-refractivity contribution in [2.24, 2.45) is 0 Å². The average molecular weight is 902 g/mol. The van der Waals surface area contributed by atoms with E-state index in [0.717, 1.165) is 61.3 Å². The van der Waals surface area contributed by atoms with Crippen molar-refractivity contribution >= 4 is 60.5 Å². The van der Waals surface area contributed by atoms with Crippen molar-refractivity contribution in [1.29, 1.82) is 0 Å². The molecule has 1 atom stereocenters. The number of nitrogens with zero attached hydrogens (tertiary/aromatic N) is 1. The van der Waals surface area contributed by atoms with Crippen molar-refractivity contribution in [2.45, 2.75) is 5.41 Å². The quantitative estimate of drug-likeness (QED) is 0.160. The van der Waals surface area contributed by atoms with Gasteiger partial charge in [0.1, 0.15) is 11.2 Å². The van der Waals surface area contributed by atoms with Crippen LogP contribution in [0.4, 0.5) is 17.1 Å².